The van der Waals surface area contributed by atoms with Crippen LogP contribution in [0.15, 0.2) is 11.8 Å². The lowest BCUT2D eigenvalue weighted by Gasteiger charge is -2.04. The fourth-order valence-corrected chi connectivity index (χ4v) is 0.383. The molecular weight excluding hydrogens is 173 g/mol. The summed E-state index contributed by atoms with van der Waals surface area (Å²) in [6.07, 6.45) is -4.63. The van der Waals surface area contributed by atoms with Gasteiger partial charge in [-0.15, -0.1) is 0 Å². The first kappa shape index (κ1) is 11.0. The molecule has 0 aromatic heterocycles. The van der Waals surface area contributed by atoms with E-state index >= 15 is 0 Å². The van der Waals surface area contributed by atoms with Gasteiger partial charge in [-0.25, -0.2) is 0 Å². The maximum Gasteiger partial charge on any atom is 0.448 e. The molecule has 0 amide bonds. The van der Waals surface area contributed by atoms with Crippen LogP contribution in [-0.4, -0.2) is 17.1 Å². The van der Waals surface area contributed by atoms with E-state index in [9.17, 15) is 18.0 Å². The molecule has 0 saturated carbocycles. The number of carbonyl (C=O) groups is 1. The SMILES string of the molecule is CC(C)C(=O)C=C(O)C(F)(F)F. The van der Waals surface area contributed by atoms with Crippen LogP contribution in [0.1, 0.15) is 13.8 Å². The third kappa shape index (κ3) is 3.41. The summed E-state index contributed by atoms with van der Waals surface area (Å²) in [6, 6.07) is 0. The second kappa shape index (κ2) is 3.60. The van der Waals surface area contributed by atoms with Crippen LogP contribution in [0, 0.1) is 5.92 Å². The van der Waals surface area contributed by atoms with E-state index in [1.54, 1.807) is 0 Å². The summed E-state index contributed by atoms with van der Waals surface area (Å²) in [7, 11) is 0. The number of halogens is 3. The van der Waals surface area contributed by atoms with Crippen molar-refractivity contribution in [3.63, 3.8) is 0 Å². The van der Waals surface area contributed by atoms with Crippen LogP contribution in [0.5, 0.6) is 0 Å². The molecule has 2 nitrogen and oxygen atoms in total. The highest BCUT2D eigenvalue weighted by molar-refractivity contribution is 5.91. The quantitative estimate of drug-likeness (QED) is 0.525. The normalized spacial score (nSPS) is 13.7. The van der Waals surface area contributed by atoms with E-state index in [-0.39, 0.29) is 6.08 Å². The number of rotatable bonds is 2. The highest BCUT2D eigenvalue weighted by Crippen LogP contribution is 2.23. The average Bonchev–Trinajstić information content (AvgIpc) is 1.85. The second-order valence-electron chi connectivity index (χ2n) is 2.58. The summed E-state index contributed by atoms with van der Waals surface area (Å²) in [4.78, 5) is 10.7. The van der Waals surface area contributed by atoms with Gasteiger partial charge in [-0.2, -0.15) is 13.2 Å². The number of alkyl halides is 3. The zero-order chi connectivity index (χ0) is 9.94. The average molecular weight is 182 g/mol. The Morgan fingerprint density at radius 2 is 1.83 bits per heavy atom. The van der Waals surface area contributed by atoms with Gasteiger partial charge in [0, 0.05) is 12.0 Å². The Morgan fingerprint density at radius 3 is 2.08 bits per heavy atom. The van der Waals surface area contributed by atoms with Gasteiger partial charge in [-0.05, 0) is 0 Å². The zero-order valence-electron chi connectivity index (χ0n) is 6.64. The van der Waals surface area contributed by atoms with E-state index < -0.39 is 23.6 Å². The summed E-state index contributed by atoms with van der Waals surface area (Å²) in [5, 5.41) is 8.32. The van der Waals surface area contributed by atoms with Crippen LogP contribution in [0.3, 0.4) is 0 Å². The Hall–Kier alpha value is -1.00. The minimum absolute atomic E-state index is 0.199. The maximum atomic E-state index is 11.6. The van der Waals surface area contributed by atoms with E-state index in [1.165, 1.54) is 13.8 Å². The Morgan fingerprint density at radius 1 is 1.42 bits per heavy atom. The molecule has 0 spiro atoms. The van der Waals surface area contributed by atoms with Gasteiger partial charge in [0.1, 0.15) is 0 Å². The first-order chi connectivity index (χ1) is 5.25. The molecule has 70 valence electrons. The molecule has 0 bridgehead atoms. The first-order valence-corrected chi connectivity index (χ1v) is 3.27. The molecule has 0 radical (unpaired) electrons. The predicted molar refractivity (Wildman–Crippen MR) is 36.6 cm³/mol. The molecule has 0 saturated heterocycles. The summed E-state index contributed by atoms with van der Waals surface area (Å²) >= 11 is 0. The topological polar surface area (TPSA) is 37.3 Å². The van der Waals surface area contributed by atoms with Gasteiger partial charge in [-0.3, -0.25) is 4.79 Å². The molecule has 0 rings (SSSR count). The monoisotopic (exact) mass is 182 g/mol. The number of hydrogen-bond donors (Lipinski definition) is 1. The van der Waals surface area contributed by atoms with Gasteiger partial charge in [-0.1, -0.05) is 13.8 Å². The van der Waals surface area contributed by atoms with Crippen molar-refractivity contribution < 1.29 is 23.1 Å². The summed E-state index contributed by atoms with van der Waals surface area (Å²) in [6.45, 7) is 2.89. The van der Waals surface area contributed by atoms with Gasteiger partial charge < -0.3 is 5.11 Å². The fraction of sp³-hybridized carbons (Fsp3) is 0.571. The molecule has 1 N–H and O–H groups in total. The summed E-state index contributed by atoms with van der Waals surface area (Å²) < 4.78 is 34.8. The third-order valence-corrected chi connectivity index (χ3v) is 1.14. The molecule has 0 unspecified atom stereocenters. The van der Waals surface area contributed by atoms with Crippen molar-refractivity contribution in [1.82, 2.24) is 0 Å². The number of aliphatic hydroxyl groups excluding tert-OH is 1. The molecule has 0 atom stereocenters. The Bertz CT molecular complexity index is 203. The van der Waals surface area contributed by atoms with E-state index in [4.69, 9.17) is 5.11 Å². The van der Waals surface area contributed by atoms with Crippen LogP contribution >= 0.6 is 0 Å². The Labute approximate surface area is 67.7 Å². The van der Waals surface area contributed by atoms with Crippen molar-refractivity contribution in [3.8, 4) is 0 Å². The van der Waals surface area contributed by atoms with E-state index in [0.29, 0.717) is 0 Å². The molecule has 0 heterocycles. The van der Waals surface area contributed by atoms with Crippen molar-refractivity contribution in [2.45, 2.75) is 20.0 Å². The van der Waals surface area contributed by atoms with Crippen LogP contribution in [0.2, 0.25) is 0 Å². The lowest BCUT2D eigenvalue weighted by molar-refractivity contribution is -0.126. The highest BCUT2D eigenvalue weighted by Gasteiger charge is 2.34. The lowest BCUT2D eigenvalue weighted by Crippen LogP contribution is -2.14. The highest BCUT2D eigenvalue weighted by atomic mass is 19.4. The Balaban J connectivity index is 4.48. The number of aliphatic hydroxyl groups is 1. The molecule has 0 aromatic rings. The van der Waals surface area contributed by atoms with Crippen LogP contribution < -0.4 is 0 Å². The Kier molecular flexibility index (Phi) is 3.30. The van der Waals surface area contributed by atoms with Crippen molar-refractivity contribution in [3.05, 3.63) is 11.8 Å². The summed E-state index contributed by atoms with van der Waals surface area (Å²) in [5.41, 5.74) is 0. The van der Waals surface area contributed by atoms with Gasteiger partial charge in [0.15, 0.2) is 5.78 Å². The van der Waals surface area contributed by atoms with E-state index in [0.717, 1.165) is 0 Å². The smallest absolute Gasteiger partial charge is 0.448 e. The maximum absolute atomic E-state index is 11.6. The van der Waals surface area contributed by atoms with Crippen molar-refractivity contribution >= 4 is 5.78 Å². The minimum atomic E-state index is -4.83. The van der Waals surface area contributed by atoms with Gasteiger partial charge >= 0.3 is 6.18 Å². The van der Waals surface area contributed by atoms with E-state index in [2.05, 4.69) is 0 Å². The van der Waals surface area contributed by atoms with Gasteiger partial charge in [0.25, 0.3) is 0 Å². The largest absolute Gasteiger partial charge is 0.504 e. The zero-order valence-corrected chi connectivity index (χ0v) is 6.64. The minimum Gasteiger partial charge on any atom is -0.504 e. The first-order valence-electron chi connectivity index (χ1n) is 3.27. The number of hydrogen-bond acceptors (Lipinski definition) is 2. The molecule has 0 fully saturated rings. The van der Waals surface area contributed by atoms with Crippen LogP contribution in [0.25, 0.3) is 0 Å². The van der Waals surface area contributed by atoms with E-state index in [1.807, 2.05) is 0 Å². The number of carbonyl (C=O) groups excluding carboxylic acids is 1. The standard InChI is InChI=1S/C7H9F3O2/c1-4(2)5(11)3-6(12)7(8,9)10/h3-4,12H,1-2H3. The molecule has 0 aliphatic rings. The molecule has 5 heteroatoms. The second-order valence-corrected chi connectivity index (χ2v) is 2.58. The molecule has 12 heavy (non-hydrogen) atoms. The van der Waals surface area contributed by atoms with Crippen molar-refractivity contribution in [2.75, 3.05) is 0 Å². The fourth-order valence-electron chi connectivity index (χ4n) is 0.383. The predicted octanol–water partition coefficient (Wildman–Crippen LogP) is 2.22. The third-order valence-electron chi connectivity index (χ3n) is 1.14. The molecule has 0 aromatic carbocycles. The van der Waals surface area contributed by atoms with Crippen LogP contribution in [-0.2, 0) is 4.79 Å². The van der Waals surface area contributed by atoms with Crippen molar-refractivity contribution in [1.29, 1.82) is 0 Å². The number of ketones is 1. The van der Waals surface area contributed by atoms with Crippen molar-refractivity contribution in [2.24, 2.45) is 5.92 Å². The molecule has 0 aliphatic heterocycles. The number of allylic oxidation sites excluding steroid dienone is 2. The van der Waals surface area contributed by atoms with Gasteiger partial charge in [0.2, 0.25) is 5.76 Å². The lowest BCUT2D eigenvalue weighted by atomic mass is 10.1. The van der Waals surface area contributed by atoms with Gasteiger partial charge in [0.05, 0.1) is 0 Å². The van der Waals surface area contributed by atoms with Crippen LogP contribution in [0.4, 0.5) is 13.2 Å². The molecular formula is C7H9F3O2. The molecule has 0 aliphatic carbocycles. The summed E-state index contributed by atoms with van der Waals surface area (Å²) in [5.74, 6) is -3.14.